The van der Waals surface area contributed by atoms with Gasteiger partial charge in [-0.05, 0) is 42.7 Å². The van der Waals surface area contributed by atoms with Crippen LogP contribution in [0.5, 0.6) is 11.5 Å². The van der Waals surface area contributed by atoms with Crippen LogP contribution in [-0.4, -0.2) is 12.2 Å². The minimum atomic E-state index is 0.284. The van der Waals surface area contributed by atoms with Crippen molar-refractivity contribution in [3.63, 3.8) is 0 Å². The van der Waals surface area contributed by atoms with E-state index in [-0.39, 0.29) is 5.75 Å². The number of hydrogen-bond acceptors (Lipinski definition) is 4. The van der Waals surface area contributed by atoms with Gasteiger partial charge in [0.25, 0.3) is 0 Å². The van der Waals surface area contributed by atoms with E-state index in [2.05, 4.69) is 11.9 Å². The summed E-state index contributed by atoms with van der Waals surface area (Å²) in [6.07, 6.45) is 5.61. The molecule has 3 rings (SSSR count). The standard InChI is InChI=1S/C22H25NO3/c1-3-4-5-6-9-16-14-17-12-13-22(26-21(17)15-19(16)24)23-18-10-7-8-11-20(18)25-2/h7-8,10-15,24H,3-6,9H2,1-2H3. The number of para-hydroxylation sites is 2. The van der Waals surface area contributed by atoms with Gasteiger partial charge in [0.15, 0.2) is 0 Å². The van der Waals surface area contributed by atoms with Gasteiger partial charge in [-0.2, -0.15) is 0 Å². The molecule has 26 heavy (non-hydrogen) atoms. The summed E-state index contributed by atoms with van der Waals surface area (Å²) in [4.78, 5) is 4.51. The molecule has 3 aromatic rings. The maximum absolute atomic E-state index is 10.3. The van der Waals surface area contributed by atoms with Crippen LogP contribution in [0.25, 0.3) is 11.0 Å². The molecule has 0 fully saturated rings. The number of benzene rings is 2. The maximum Gasteiger partial charge on any atom is 0.219 e. The molecule has 2 aromatic carbocycles. The molecule has 1 heterocycles. The van der Waals surface area contributed by atoms with Gasteiger partial charge in [0.2, 0.25) is 5.55 Å². The first-order valence-electron chi connectivity index (χ1n) is 9.14. The first kappa shape index (κ1) is 18.1. The third-order valence-electron chi connectivity index (χ3n) is 4.45. The molecule has 0 aliphatic carbocycles. The molecule has 1 aromatic heterocycles. The number of methoxy groups -OCH3 is 1. The Balaban J connectivity index is 1.91. The molecule has 0 bridgehead atoms. The molecule has 0 saturated carbocycles. The molecule has 4 heteroatoms. The lowest BCUT2D eigenvalue weighted by atomic mass is 10.0. The molecule has 0 atom stereocenters. The highest BCUT2D eigenvalue weighted by Gasteiger charge is 2.06. The van der Waals surface area contributed by atoms with Crippen molar-refractivity contribution in [1.82, 2.24) is 0 Å². The Morgan fingerprint density at radius 2 is 1.88 bits per heavy atom. The van der Waals surface area contributed by atoms with E-state index in [0.717, 1.165) is 23.8 Å². The van der Waals surface area contributed by atoms with Gasteiger partial charge in [-0.25, -0.2) is 4.99 Å². The quantitative estimate of drug-likeness (QED) is 0.572. The van der Waals surface area contributed by atoms with Crippen molar-refractivity contribution in [3.8, 4) is 11.5 Å². The lowest BCUT2D eigenvalue weighted by Crippen LogP contribution is -1.99. The van der Waals surface area contributed by atoms with Crippen molar-refractivity contribution in [1.29, 1.82) is 0 Å². The van der Waals surface area contributed by atoms with Gasteiger partial charge < -0.3 is 14.3 Å². The smallest absolute Gasteiger partial charge is 0.219 e. The second-order valence-electron chi connectivity index (χ2n) is 6.39. The number of aryl methyl sites for hydroxylation is 1. The molecular formula is C22H25NO3. The number of phenols is 1. The number of hydrogen-bond donors (Lipinski definition) is 1. The predicted octanol–water partition coefficient (Wildman–Crippen LogP) is 5.50. The molecule has 1 N–H and O–H groups in total. The summed E-state index contributed by atoms with van der Waals surface area (Å²) in [5.74, 6) is 0.972. The second-order valence-corrected chi connectivity index (χ2v) is 6.39. The highest BCUT2D eigenvalue weighted by molar-refractivity contribution is 5.79. The van der Waals surface area contributed by atoms with Crippen LogP contribution in [0, 0.1) is 0 Å². The van der Waals surface area contributed by atoms with E-state index in [1.54, 1.807) is 13.2 Å². The summed E-state index contributed by atoms with van der Waals surface area (Å²) in [6, 6.07) is 15.0. The fourth-order valence-electron chi connectivity index (χ4n) is 3.00. The number of rotatable bonds is 7. The van der Waals surface area contributed by atoms with Gasteiger partial charge in [0.05, 0.1) is 7.11 Å². The molecule has 136 valence electrons. The van der Waals surface area contributed by atoms with Gasteiger partial charge >= 0.3 is 0 Å². The summed E-state index contributed by atoms with van der Waals surface area (Å²) >= 11 is 0. The Labute approximate surface area is 153 Å². The fraction of sp³-hybridized carbons (Fsp3) is 0.318. The molecule has 0 saturated heterocycles. The number of ether oxygens (including phenoxy) is 1. The van der Waals surface area contributed by atoms with E-state index in [4.69, 9.17) is 9.15 Å². The third kappa shape index (κ3) is 4.26. The van der Waals surface area contributed by atoms with E-state index in [9.17, 15) is 5.11 Å². The topological polar surface area (TPSA) is 55.0 Å². The van der Waals surface area contributed by atoms with Gasteiger partial charge in [-0.1, -0.05) is 38.3 Å². The summed E-state index contributed by atoms with van der Waals surface area (Å²) in [5.41, 5.74) is 2.76. The molecule has 0 amide bonds. The Bertz CT molecular complexity index is 944. The highest BCUT2D eigenvalue weighted by atomic mass is 16.5. The Kier molecular flexibility index (Phi) is 5.95. The molecule has 0 unspecified atom stereocenters. The SMILES string of the molecule is CCCCCCc1cc2ccc(=Nc3ccccc3OC)oc2cc1O. The van der Waals surface area contributed by atoms with Crippen LogP contribution in [0.1, 0.15) is 38.2 Å². The zero-order valence-corrected chi connectivity index (χ0v) is 15.4. The van der Waals surface area contributed by atoms with Gasteiger partial charge in [0.1, 0.15) is 22.8 Å². The lowest BCUT2D eigenvalue weighted by molar-refractivity contribution is 0.415. The number of fused-ring (bicyclic) bond motifs is 1. The van der Waals surface area contributed by atoms with Crippen molar-refractivity contribution < 1.29 is 14.3 Å². The Hall–Kier alpha value is -2.75. The zero-order valence-electron chi connectivity index (χ0n) is 15.4. The average molecular weight is 351 g/mol. The van der Waals surface area contributed by atoms with E-state index in [1.165, 1.54) is 19.3 Å². The highest BCUT2D eigenvalue weighted by Crippen LogP contribution is 2.27. The molecule has 0 radical (unpaired) electrons. The normalized spacial score (nSPS) is 11.8. The second kappa shape index (κ2) is 8.56. The van der Waals surface area contributed by atoms with E-state index in [1.807, 2.05) is 42.5 Å². The van der Waals surface area contributed by atoms with Crippen molar-refractivity contribution in [2.45, 2.75) is 39.0 Å². The largest absolute Gasteiger partial charge is 0.508 e. The maximum atomic E-state index is 10.3. The molecule has 0 aliphatic rings. The van der Waals surface area contributed by atoms with Crippen molar-refractivity contribution in [2.75, 3.05) is 7.11 Å². The van der Waals surface area contributed by atoms with Crippen LogP contribution in [0.4, 0.5) is 5.69 Å². The summed E-state index contributed by atoms with van der Waals surface area (Å²) in [7, 11) is 1.62. The van der Waals surface area contributed by atoms with Gasteiger partial charge in [-0.15, -0.1) is 0 Å². The van der Waals surface area contributed by atoms with Crippen LogP contribution in [0.2, 0.25) is 0 Å². The fourth-order valence-corrected chi connectivity index (χ4v) is 3.00. The molecule has 4 nitrogen and oxygen atoms in total. The number of phenolic OH excluding ortho intramolecular Hbond substituents is 1. The Morgan fingerprint density at radius 3 is 2.69 bits per heavy atom. The third-order valence-corrected chi connectivity index (χ3v) is 4.45. The van der Waals surface area contributed by atoms with Crippen molar-refractivity contribution in [3.05, 3.63) is 59.6 Å². The minimum Gasteiger partial charge on any atom is -0.508 e. The molecular weight excluding hydrogens is 326 g/mol. The van der Waals surface area contributed by atoms with Crippen molar-refractivity contribution >= 4 is 16.7 Å². The van der Waals surface area contributed by atoms with Gasteiger partial charge in [-0.3, -0.25) is 0 Å². The Morgan fingerprint density at radius 1 is 1.04 bits per heavy atom. The van der Waals surface area contributed by atoms with Crippen LogP contribution in [0.3, 0.4) is 0 Å². The van der Waals surface area contributed by atoms with Crippen LogP contribution in [0.15, 0.2) is 57.9 Å². The van der Waals surface area contributed by atoms with Crippen LogP contribution in [-0.2, 0) is 6.42 Å². The van der Waals surface area contributed by atoms with Crippen LogP contribution >= 0.6 is 0 Å². The monoisotopic (exact) mass is 351 g/mol. The minimum absolute atomic E-state index is 0.284. The van der Waals surface area contributed by atoms with Crippen LogP contribution < -0.4 is 10.3 Å². The molecule has 0 spiro atoms. The summed E-state index contributed by atoms with van der Waals surface area (Å²) in [5, 5.41) is 11.3. The first-order valence-corrected chi connectivity index (χ1v) is 9.14. The first-order chi connectivity index (χ1) is 12.7. The molecule has 0 aliphatic heterocycles. The predicted molar refractivity (Wildman–Crippen MR) is 104 cm³/mol. The number of nitrogens with zero attached hydrogens (tertiary/aromatic N) is 1. The van der Waals surface area contributed by atoms with E-state index >= 15 is 0 Å². The zero-order chi connectivity index (χ0) is 18.4. The average Bonchev–Trinajstić information content (AvgIpc) is 2.66. The summed E-state index contributed by atoms with van der Waals surface area (Å²) < 4.78 is 11.2. The summed E-state index contributed by atoms with van der Waals surface area (Å²) in [6.45, 7) is 2.20. The number of aromatic hydroxyl groups is 1. The lowest BCUT2D eigenvalue weighted by Gasteiger charge is -2.07. The van der Waals surface area contributed by atoms with Gasteiger partial charge in [0, 0.05) is 17.5 Å². The van der Waals surface area contributed by atoms with E-state index in [0.29, 0.717) is 22.6 Å². The number of unbranched alkanes of at least 4 members (excludes halogenated alkanes) is 3. The van der Waals surface area contributed by atoms with E-state index < -0.39 is 0 Å². The van der Waals surface area contributed by atoms with Crippen molar-refractivity contribution in [2.24, 2.45) is 4.99 Å².